The average Bonchev–Trinajstić information content (AvgIpc) is 2.29. The van der Waals surface area contributed by atoms with E-state index in [1.54, 1.807) is 0 Å². The Morgan fingerprint density at radius 3 is 2.44 bits per heavy atom. The molecule has 0 amide bonds. The third-order valence-corrected chi connectivity index (χ3v) is 2.89. The molecule has 0 unspecified atom stereocenters. The fraction of sp³-hybridized carbons (Fsp3) is 0.267. The fourth-order valence-electron chi connectivity index (χ4n) is 2.02. The largest absolute Gasteiger partial charge is 0.264 e. The average molecular weight is 211 g/mol. The molecule has 0 aliphatic heterocycles. The Balaban J connectivity index is 2.60. The monoisotopic (exact) mass is 211 g/mol. The first-order chi connectivity index (χ1) is 7.70. The second-order valence-electron chi connectivity index (χ2n) is 4.43. The van der Waals surface area contributed by atoms with Crippen LogP contribution in [0.2, 0.25) is 0 Å². The molecule has 82 valence electrons. The number of aromatic nitrogens is 1. The molecule has 0 saturated carbocycles. The Hall–Kier alpha value is -1.63. The van der Waals surface area contributed by atoms with Gasteiger partial charge in [0.25, 0.3) is 0 Å². The molecule has 0 fully saturated rings. The Kier molecular flexibility index (Phi) is 3.04. The van der Waals surface area contributed by atoms with Gasteiger partial charge in [-0.15, -0.1) is 0 Å². The van der Waals surface area contributed by atoms with E-state index < -0.39 is 0 Å². The molecule has 0 saturated heterocycles. The third-order valence-electron chi connectivity index (χ3n) is 2.89. The second-order valence-corrected chi connectivity index (χ2v) is 4.43. The van der Waals surface area contributed by atoms with Gasteiger partial charge < -0.3 is 0 Å². The van der Waals surface area contributed by atoms with Gasteiger partial charge in [-0.2, -0.15) is 0 Å². The summed E-state index contributed by atoms with van der Waals surface area (Å²) in [7, 11) is 0. The van der Waals surface area contributed by atoms with Gasteiger partial charge in [-0.05, 0) is 41.2 Å². The predicted octanol–water partition coefficient (Wildman–Crippen LogP) is 4.18. The zero-order chi connectivity index (χ0) is 11.5. The molecule has 16 heavy (non-hydrogen) atoms. The summed E-state index contributed by atoms with van der Waals surface area (Å²) in [6.45, 7) is 6.57. The van der Waals surface area contributed by atoms with Crippen molar-refractivity contribution < 1.29 is 0 Å². The molecular formula is C15H17N. The van der Waals surface area contributed by atoms with E-state index in [2.05, 4.69) is 56.1 Å². The molecule has 1 heterocycles. The van der Waals surface area contributed by atoms with Crippen molar-refractivity contribution >= 4 is 0 Å². The lowest BCUT2D eigenvalue weighted by Crippen LogP contribution is -1.93. The topological polar surface area (TPSA) is 12.9 Å². The lowest BCUT2D eigenvalue weighted by molar-refractivity contribution is 0.869. The Morgan fingerprint density at radius 2 is 1.75 bits per heavy atom. The molecule has 0 aliphatic carbocycles. The summed E-state index contributed by atoms with van der Waals surface area (Å²) in [5.74, 6) is 0.545. The molecule has 1 aromatic heterocycles. The molecule has 0 aliphatic rings. The van der Waals surface area contributed by atoms with Crippen LogP contribution in [0.3, 0.4) is 0 Å². The summed E-state index contributed by atoms with van der Waals surface area (Å²) in [4.78, 5) is 4.14. The lowest BCUT2D eigenvalue weighted by Gasteiger charge is -2.14. The summed E-state index contributed by atoms with van der Waals surface area (Å²) < 4.78 is 0. The number of rotatable bonds is 2. The van der Waals surface area contributed by atoms with Crippen molar-refractivity contribution in [2.24, 2.45) is 0 Å². The van der Waals surface area contributed by atoms with Crippen LogP contribution in [0.5, 0.6) is 0 Å². The molecular weight excluding hydrogens is 194 g/mol. The van der Waals surface area contributed by atoms with Crippen LogP contribution >= 0.6 is 0 Å². The SMILES string of the molecule is Cc1cnccc1-c1ccccc1C(C)C. The molecule has 0 atom stereocenters. The standard InChI is InChI=1S/C15H17N/c1-11(2)13-6-4-5-7-15(13)14-8-9-16-10-12(14)3/h4-11H,1-3H3. The minimum Gasteiger partial charge on any atom is -0.264 e. The van der Waals surface area contributed by atoms with Crippen LogP contribution in [0.1, 0.15) is 30.9 Å². The molecule has 0 spiro atoms. The van der Waals surface area contributed by atoms with Gasteiger partial charge >= 0.3 is 0 Å². The molecule has 0 N–H and O–H groups in total. The van der Waals surface area contributed by atoms with Crippen LogP contribution in [-0.4, -0.2) is 4.98 Å². The second kappa shape index (κ2) is 4.48. The summed E-state index contributed by atoms with van der Waals surface area (Å²) >= 11 is 0. The fourth-order valence-corrected chi connectivity index (χ4v) is 2.02. The quantitative estimate of drug-likeness (QED) is 0.726. The maximum absolute atomic E-state index is 4.14. The van der Waals surface area contributed by atoms with Crippen molar-refractivity contribution in [1.82, 2.24) is 4.98 Å². The summed E-state index contributed by atoms with van der Waals surface area (Å²) in [5.41, 5.74) is 5.25. The van der Waals surface area contributed by atoms with Gasteiger partial charge in [0.15, 0.2) is 0 Å². The van der Waals surface area contributed by atoms with Gasteiger partial charge in [0.05, 0.1) is 0 Å². The number of hydrogen-bond acceptors (Lipinski definition) is 1. The van der Waals surface area contributed by atoms with Crippen LogP contribution in [-0.2, 0) is 0 Å². The van der Waals surface area contributed by atoms with Crippen molar-refractivity contribution in [3.05, 3.63) is 53.9 Å². The van der Waals surface area contributed by atoms with Crippen molar-refractivity contribution in [1.29, 1.82) is 0 Å². The summed E-state index contributed by atoms with van der Waals surface area (Å²) in [5, 5.41) is 0. The first kappa shape index (κ1) is 10.9. The zero-order valence-corrected chi connectivity index (χ0v) is 10.1. The number of benzene rings is 1. The van der Waals surface area contributed by atoms with Gasteiger partial charge in [-0.3, -0.25) is 4.98 Å². The molecule has 2 rings (SSSR count). The van der Waals surface area contributed by atoms with E-state index in [1.165, 1.54) is 22.3 Å². The zero-order valence-electron chi connectivity index (χ0n) is 10.1. The number of pyridine rings is 1. The highest BCUT2D eigenvalue weighted by atomic mass is 14.6. The first-order valence-electron chi connectivity index (χ1n) is 5.70. The van der Waals surface area contributed by atoms with Gasteiger partial charge in [-0.25, -0.2) is 0 Å². The predicted molar refractivity (Wildman–Crippen MR) is 68.5 cm³/mol. The first-order valence-corrected chi connectivity index (χ1v) is 5.70. The minimum absolute atomic E-state index is 0.545. The van der Waals surface area contributed by atoms with E-state index in [1.807, 2.05) is 12.4 Å². The highest BCUT2D eigenvalue weighted by Crippen LogP contribution is 2.30. The van der Waals surface area contributed by atoms with E-state index in [4.69, 9.17) is 0 Å². The van der Waals surface area contributed by atoms with E-state index >= 15 is 0 Å². The highest BCUT2D eigenvalue weighted by Gasteiger charge is 2.09. The maximum Gasteiger partial charge on any atom is 0.0303 e. The van der Waals surface area contributed by atoms with Crippen molar-refractivity contribution in [2.75, 3.05) is 0 Å². The van der Waals surface area contributed by atoms with E-state index in [9.17, 15) is 0 Å². The van der Waals surface area contributed by atoms with Crippen LogP contribution < -0.4 is 0 Å². The molecule has 1 heteroatoms. The van der Waals surface area contributed by atoms with Crippen LogP contribution in [0.4, 0.5) is 0 Å². The molecule has 1 aromatic carbocycles. The van der Waals surface area contributed by atoms with Crippen molar-refractivity contribution in [3.63, 3.8) is 0 Å². The Labute approximate surface area is 97.2 Å². The van der Waals surface area contributed by atoms with Crippen molar-refractivity contribution in [2.45, 2.75) is 26.7 Å². The minimum atomic E-state index is 0.545. The number of hydrogen-bond donors (Lipinski definition) is 0. The van der Waals surface area contributed by atoms with Gasteiger partial charge in [0.2, 0.25) is 0 Å². The highest BCUT2D eigenvalue weighted by molar-refractivity contribution is 5.70. The normalized spacial score (nSPS) is 10.8. The van der Waals surface area contributed by atoms with Gasteiger partial charge in [0.1, 0.15) is 0 Å². The Morgan fingerprint density at radius 1 is 1.00 bits per heavy atom. The number of nitrogens with zero attached hydrogens (tertiary/aromatic N) is 1. The van der Waals surface area contributed by atoms with Crippen LogP contribution in [0.15, 0.2) is 42.7 Å². The molecule has 2 aromatic rings. The van der Waals surface area contributed by atoms with E-state index in [0.717, 1.165) is 0 Å². The third kappa shape index (κ3) is 1.99. The number of aryl methyl sites for hydroxylation is 1. The summed E-state index contributed by atoms with van der Waals surface area (Å²) in [6.07, 6.45) is 3.78. The lowest BCUT2D eigenvalue weighted by atomic mass is 9.91. The summed E-state index contributed by atoms with van der Waals surface area (Å²) in [6, 6.07) is 10.7. The Bertz CT molecular complexity index is 486. The maximum atomic E-state index is 4.14. The molecule has 0 radical (unpaired) electrons. The molecule has 1 nitrogen and oxygen atoms in total. The van der Waals surface area contributed by atoms with Crippen LogP contribution in [0, 0.1) is 6.92 Å². The van der Waals surface area contributed by atoms with Gasteiger partial charge in [-0.1, -0.05) is 38.1 Å². The van der Waals surface area contributed by atoms with E-state index in [-0.39, 0.29) is 0 Å². The molecule has 0 bridgehead atoms. The smallest absolute Gasteiger partial charge is 0.0303 e. The van der Waals surface area contributed by atoms with Gasteiger partial charge in [0, 0.05) is 12.4 Å². The van der Waals surface area contributed by atoms with Crippen LogP contribution in [0.25, 0.3) is 11.1 Å². The van der Waals surface area contributed by atoms with E-state index in [0.29, 0.717) is 5.92 Å². The van der Waals surface area contributed by atoms with Crippen molar-refractivity contribution in [3.8, 4) is 11.1 Å².